The van der Waals surface area contributed by atoms with Gasteiger partial charge in [-0.3, -0.25) is 18.6 Å². The van der Waals surface area contributed by atoms with Gasteiger partial charge in [0.15, 0.2) is 5.16 Å². The van der Waals surface area contributed by atoms with E-state index in [0.29, 0.717) is 22.9 Å². The van der Waals surface area contributed by atoms with Crippen molar-refractivity contribution in [2.45, 2.75) is 37.5 Å². The number of hydrogen-bond acceptors (Lipinski definition) is 5. The lowest BCUT2D eigenvalue weighted by Gasteiger charge is -2.14. The number of carbonyl (C=O) groups is 1. The fraction of sp³-hybridized carbons (Fsp3) is 0.250. The predicted octanol–water partition coefficient (Wildman–Crippen LogP) is 3.46. The highest BCUT2D eigenvalue weighted by molar-refractivity contribution is 7.99. The second-order valence-corrected chi connectivity index (χ2v) is 8.56. The molecule has 2 aromatic carbocycles. The van der Waals surface area contributed by atoms with E-state index in [4.69, 9.17) is 0 Å². The van der Waals surface area contributed by atoms with E-state index >= 15 is 0 Å². The molecule has 1 amide bonds. The number of aryl methyl sites for hydroxylation is 1. The minimum absolute atomic E-state index is 0.0592. The molecule has 0 spiro atoms. The molecule has 8 heteroatoms. The second-order valence-electron chi connectivity index (χ2n) is 7.62. The van der Waals surface area contributed by atoms with Gasteiger partial charge in [-0.25, -0.2) is 0 Å². The van der Waals surface area contributed by atoms with E-state index in [2.05, 4.69) is 34.2 Å². The molecule has 0 aliphatic carbocycles. The molecule has 0 unspecified atom stereocenters. The van der Waals surface area contributed by atoms with Gasteiger partial charge in [0.1, 0.15) is 0 Å². The molecule has 7 nitrogen and oxygen atoms in total. The summed E-state index contributed by atoms with van der Waals surface area (Å²) in [5, 5.41) is 12.7. The SMILES string of the molecule is C=CCn1c(=O)c2ccccc2n2c(SCC(=O)N[C@H](C)CCc3ccccc3)nnc12. The number of benzene rings is 2. The van der Waals surface area contributed by atoms with E-state index < -0.39 is 0 Å². The Morgan fingerprint density at radius 2 is 1.91 bits per heavy atom. The number of amides is 1. The number of fused-ring (bicyclic) bond motifs is 3. The molecule has 164 valence electrons. The summed E-state index contributed by atoms with van der Waals surface area (Å²) in [4.78, 5) is 25.4. The molecule has 4 rings (SSSR count). The third-order valence-corrected chi connectivity index (χ3v) is 6.17. The average molecular weight is 448 g/mol. The molecule has 0 radical (unpaired) electrons. The van der Waals surface area contributed by atoms with Gasteiger partial charge in [0.2, 0.25) is 11.7 Å². The average Bonchev–Trinajstić information content (AvgIpc) is 3.24. The van der Waals surface area contributed by atoms with E-state index in [1.165, 1.54) is 21.9 Å². The summed E-state index contributed by atoms with van der Waals surface area (Å²) in [7, 11) is 0. The van der Waals surface area contributed by atoms with Crippen molar-refractivity contribution in [2.24, 2.45) is 0 Å². The number of allylic oxidation sites excluding steroid dienone is 1. The Hall–Kier alpha value is -3.39. The summed E-state index contributed by atoms with van der Waals surface area (Å²) in [6.45, 7) is 6.08. The second kappa shape index (κ2) is 9.82. The van der Waals surface area contributed by atoms with Gasteiger partial charge in [-0.2, -0.15) is 0 Å². The van der Waals surface area contributed by atoms with Gasteiger partial charge in [0.05, 0.1) is 16.7 Å². The number of para-hydroxylation sites is 1. The minimum atomic E-state index is -0.137. The molecule has 1 atom stereocenters. The lowest BCUT2D eigenvalue weighted by atomic mass is 10.1. The van der Waals surface area contributed by atoms with Crippen molar-refractivity contribution in [3.63, 3.8) is 0 Å². The number of aromatic nitrogens is 4. The highest BCUT2D eigenvalue weighted by Gasteiger charge is 2.17. The summed E-state index contributed by atoms with van der Waals surface area (Å²) in [6, 6.07) is 17.6. The molecule has 0 aliphatic rings. The molecular formula is C24H25N5O2S. The summed E-state index contributed by atoms with van der Waals surface area (Å²) >= 11 is 1.30. The number of hydrogen-bond donors (Lipinski definition) is 1. The van der Waals surface area contributed by atoms with E-state index in [1.54, 1.807) is 12.1 Å². The van der Waals surface area contributed by atoms with Crippen LogP contribution in [0.3, 0.4) is 0 Å². The zero-order valence-corrected chi connectivity index (χ0v) is 18.7. The summed E-state index contributed by atoms with van der Waals surface area (Å²) < 4.78 is 3.37. The number of nitrogens with zero attached hydrogens (tertiary/aromatic N) is 4. The molecule has 4 aromatic rings. The van der Waals surface area contributed by atoms with E-state index in [1.807, 2.05) is 47.7 Å². The first-order valence-corrected chi connectivity index (χ1v) is 11.5. The van der Waals surface area contributed by atoms with Crippen LogP contribution in [0.5, 0.6) is 0 Å². The molecule has 32 heavy (non-hydrogen) atoms. The predicted molar refractivity (Wildman–Crippen MR) is 128 cm³/mol. The standard InChI is InChI=1S/C24H25N5O2S/c1-3-15-28-22(31)19-11-7-8-12-20(19)29-23(28)26-27-24(29)32-16-21(30)25-17(2)13-14-18-9-5-4-6-10-18/h3-12,17H,1,13-16H2,2H3,(H,25,30)/t17-/m1/s1. The normalized spacial score (nSPS) is 12.2. The Labute approximate surface area is 190 Å². The van der Waals surface area contributed by atoms with Crippen LogP contribution in [0.25, 0.3) is 16.7 Å². The van der Waals surface area contributed by atoms with Gasteiger partial charge < -0.3 is 5.32 Å². The monoisotopic (exact) mass is 447 g/mol. The maximum absolute atomic E-state index is 12.9. The van der Waals surface area contributed by atoms with Crippen LogP contribution < -0.4 is 10.9 Å². The van der Waals surface area contributed by atoms with Crippen LogP contribution in [0.1, 0.15) is 18.9 Å². The molecule has 0 saturated heterocycles. The van der Waals surface area contributed by atoms with Crippen LogP contribution in [-0.2, 0) is 17.8 Å². The Bertz CT molecular complexity index is 1310. The summed E-state index contributed by atoms with van der Waals surface area (Å²) in [6.07, 6.45) is 3.44. The first kappa shape index (κ1) is 21.8. The van der Waals surface area contributed by atoms with Crippen LogP contribution in [0.15, 0.2) is 77.2 Å². The molecule has 2 heterocycles. The number of nitrogens with one attached hydrogen (secondary N) is 1. The van der Waals surface area contributed by atoms with E-state index in [9.17, 15) is 9.59 Å². The van der Waals surface area contributed by atoms with E-state index in [0.717, 1.165) is 18.4 Å². The van der Waals surface area contributed by atoms with Crippen LogP contribution >= 0.6 is 11.8 Å². The maximum atomic E-state index is 12.9. The van der Waals surface area contributed by atoms with Crippen LogP contribution in [0.4, 0.5) is 0 Å². The first-order valence-electron chi connectivity index (χ1n) is 10.5. The van der Waals surface area contributed by atoms with E-state index in [-0.39, 0.29) is 23.3 Å². The maximum Gasteiger partial charge on any atom is 0.263 e. The summed E-state index contributed by atoms with van der Waals surface area (Å²) in [5.74, 6) is 0.592. The Kier molecular flexibility index (Phi) is 6.70. The van der Waals surface area contributed by atoms with Gasteiger partial charge in [-0.1, -0.05) is 60.3 Å². The Morgan fingerprint density at radius 1 is 1.16 bits per heavy atom. The Balaban J connectivity index is 1.48. The largest absolute Gasteiger partial charge is 0.353 e. The molecule has 0 fully saturated rings. The number of thioether (sulfide) groups is 1. The van der Waals surface area contributed by atoms with Crippen LogP contribution in [0.2, 0.25) is 0 Å². The zero-order chi connectivity index (χ0) is 22.5. The molecule has 0 bridgehead atoms. The van der Waals surface area contributed by atoms with Crippen molar-refractivity contribution in [1.82, 2.24) is 24.5 Å². The van der Waals surface area contributed by atoms with Gasteiger partial charge >= 0.3 is 0 Å². The lowest BCUT2D eigenvalue weighted by molar-refractivity contribution is -0.119. The van der Waals surface area contributed by atoms with Gasteiger partial charge in [-0.05, 0) is 37.5 Å². The quantitative estimate of drug-likeness (QED) is 0.314. The zero-order valence-electron chi connectivity index (χ0n) is 17.9. The van der Waals surface area contributed by atoms with Crippen molar-refractivity contribution in [1.29, 1.82) is 0 Å². The Morgan fingerprint density at radius 3 is 2.69 bits per heavy atom. The van der Waals surface area contributed by atoms with Crippen molar-refractivity contribution in [3.05, 3.63) is 83.2 Å². The van der Waals surface area contributed by atoms with Crippen molar-refractivity contribution < 1.29 is 4.79 Å². The third kappa shape index (κ3) is 4.60. The van der Waals surface area contributed by atoms with Crippen molar-refractivity contribution >= 4 is 34.3 Å². The highest BCUT2D eigenvalue weighted by atomic mass is 32.2. The molecule has 2 aromatic heterocycles. The number of rotatable bonds is 9. The third-order valence-electron chi connectivity index (χ3n) is 5.24. The fourth-order valence-electron chi connectivity index (χ4n) is 3.67. The number of carbonyl (C=O) groups excluding carboxylic acids is 1. The topological polar surface area (TPSA) is 81.3 Å². The molecule has 1 N–H and O–H groups in total. The lowest BCUT2D eigenvalue weighted by Crippen LogP contribution is -2.34. The van der Waals surface area contributed by atoms with Crippen molar-refractivity contribution in [2.75, 3.05) is 5.75 Å². The van der Waals surface area contributed by atoms with Gasteiger partial charge in [0.25, 0.3) is 5.56 Å². The van der Waals surface area contributed by atoms with Crippen LogP contribution in [0, 0.1) is 0 Å². The highest BCUT2D eigenvalue weighted by Crippen LogP contribution is 2.21. The molecular weight excluding hydrogens is 422 g/mol. The van der Waals surface area contributed by atoms with Gasteiger partial charge in [0, 0.05) is 12.6 Å². The molecule has 0 aliphatic heterocycles. The fourth-order valence-corrected chi connectivity index (χ4v) is 4.42. The summed E-state index contributed by atoms with van der Waals surface area (Å²) in [5.41, 5.74) is 1.84. The molecule has 0 saturated carbocycles. The van der Waals surface area contributed by atoms with Crippen molar-refractivity contribution in [3.8, 4) is 0 Å². The first-order chi connectivity index (χ1) is 15.6. The van der Waals surface area contributed by atoms with Gasteiger partial charge in [-0.15, -0.1) is 16.8 Å². The minimum Gasteiger partial charge on any atom is -0.353 e. The smallest absolute Gasteiger partial charge is 0.263 e. The van der Waals surface area contributed by atoms with Crippen LogP contribution in [-0.4, -0.2) is 36.9 Å².